The Kier molecular flexibility index (Phi) is 9.14. The van der Waals surface area contributed by atoms with Gasteiger partial charge in [0.25, 0.3) is 11.1 Å². The Bertz CT molecular complexity index is 1100. The van der Waals surface area contributed by atoms with Gasteiger partial charge in [0.15, 0.2) is 11.5 Å². The van der Waals surface area contributed by atoms with Crippen molar-refractivity contribution in [2.24, 2.45) is 0 Å². The minimum Gasteiger partial charge on any atom is -0.490 e. The maximum Gasteiger partial charge on any atom is 0.335 e. The van der Waals surface area contributed by atoms with Gasteiger partial charge in [0.1, 0.15) is 6.61 Å². The van der Waals surface area contributed by atoms with Crippen LogP contribution in [-0.4, -0.2) is 54.0 Å². The third-order valence-corrected chi connectivity index (χ3v) is 6.31. The fourth-order valence-corrected chi connectivity index (χ4v) is 4.62. The monoisotopic (exact) mass is 549 g/mol. The van der Waals surface area contributed by atoms with Crippen LogP contribution < -0.4 is 9.47 Å². The highest BCUT2D eigenvalue weighted by atomic mass is 79.9. The number of carbonyl (C=O) groups is 3. The number of carboxylic acids is 1. The van der Waals surface area contributed by atoms with Crippen LogP contribution in [0.5, 0.6) is 11.5 Å². The molecule has 1 aliphatic heterocycles. The third kappa shape index (κ3) is 6.40. The number of imide groups is 1. The number of aromatic carboxylic acids is 1. The summed E-state index contributed by atoms with van der Waals surface area (Å²) in [5, 5.41) is 8.73. The van der Waals surface area contributed by atoms with E-state index in [1.165, 1.54) is 17.0 Å². The molecule has 0 unspecified atom stereocenters. The van der Waals surface area contributed by atoms with Crippen LogP contribution in [0.3, 0.4) is 0 Å². The quantitative estimate of drug-likeness (QED) is 0.301. The second kappa shape index (κ2) is 12.0. The molecule has 10 heteroatoms. The van der Waals surface area contributed by atoms with Crippen molar-refractivity contribution >= 4 is 50.9 Å². The second-order valence-corrected chi connectivity index (χ2v) is 9.08. The predicted octanol–water partition coefficient (Wildman–Crippen LogP) is 5.20. The summed E-state index contributed by atoms with van der Waals surface area (Å²) in [6, 6.07) is 9.94. The zero-order valence-corrected chi connectivity index (χ0v) is 21.1. The van der Waals surface area contributed by atoms with Crippen LogP contribution in [0.4, 0.5) is 4.79 Å². The first-order valence-electron chi connectivity index (χ1n) is 10.5. The second-order valence-electron chi connectivity index (χ2n) is 7.23. The summed E-state index contributed by atoms with van der Waals surface area (Å²) < 4.78 is 17.3. The molecule has 8 nitrogen and oxygen atoms in total. The molecule has 1 N–H and O–H groups in total. The van der Waals surface area contributed by atoms with E-state index in [-0.39, 0.29) is 23.3 Å². The van der Waals surface area contributed by atoms with Crippen molar-refractivity contribution < 1.29 is 33.7 Å². The fraction of sp³-hybridized carbons (Fsp3) is 0.292. The molecule has 0 atom stereocenters. The lowest BCUT2D eigenvalue weighted by Gasteiger charge is -2.15. The van der Waals surface area contributed by atoms with E-state index in [1.54, 1.807) is 37.5 Å². The van der Waals surface area contributed by atoms with Crippen molar-refractivity contribution in [1.82, 2.24) is 4.90 Å². The lowest BCUT2D eigenvalue weighted by atomic mass is 10.1. The topological polar surface area (TPSA) is 102 Å². The average Bonchev–Trinajstić information content (AvgIpc) is 3.06. The van der Waals surface area contributed by atoms with Crippen molar-refractivity contribution in [3.63, 3.8) is 0 Å². The number of halogens is 1. The van der Waals surface area contributed by atoms with Crippen molar-refractivity contribution in [3.8, 4) is 11.5 Å². The van der Waals surface area contributed by atoms with Gasteiger partial charge in [-0.1, -0.05) is 12.1 Å². The molecule has 0 bridgehead atoms. The van der Waals surface area contributed by atoms with Crippen LogP contribution in [0.15, 0.2) is 45.8 Å². The number of amides is 2. The molecular weight excluding hydrogens is 526 g/mol. The first kappa shape index (κ1) is 25.8. The van der Waals surface area contributed by atoms with Crippen LogP contribution in [0, 0.1) is 0 Å². The number of ether oxygens (including phenoxy) is 3. The molecule has 2 amide bonds. The van der Waals surface area contributed by atoms with E-state index in [2.05, 4.69) is 15.9 Å². The van der Waals surface area contributed by atoms with Crippen LogP contribution in [0.2, 0.25) is 0 Å². The Balaban J connectivity index is 1.78. The smallest absolute Gasteiger partial charge is 0.335 e. The van der Waals surface area contributed by atoms with E-state index in [0.29, 0.717) is 52.6 Å². The zero-order valence-electron chi connectivity index (χ0n) is 18.7. The number of nitrogens with zero attached hydrogens (tertiary/aromatic N) is 1. The highest BCUT2D eigenvalue weighted by Gasteiger charge is 2.34. The molecule has 1 saturated heterocycles. The van der Waals surface area contributed by atoms with Gasteiger partial charge in [0, 0.05) is 20.3 Å². The number of thioether (sulfide) groups is 1. The molecule has 0 spiro atoms. The molecule has 180 valence electrons. The highest BCUT2D eigenvalue weighted by Crippen LogP contribution is 2.39. The Hall–Kier alpha value is -2.82. The summed E-state index contributed by atoms with van der Waals surface area (Å²) in [6.45, 7) is 3.23. The number of benzene rings is 2. The predicted molar refractivity (Wildman–Crippen MR) is 132 cm³/mol. The van der Waals surface area contributed by atoms with Crippen molar-refractivity contribution in [2.75, 3.05) is 26.9 Å². The van der Waals surface area contributed by atoms with Gasteiger partial charge in [-0.05, 0) is 82.5 Å². The van der Waals surface area contributed by atoms with Crippen molar-refractivity contribution in [3.05, 3.63) is 62.5 Å². The molecule has 1 fully saturated rings. The summed E-state index contributed by atoms with van der Waals surface area (Å²) in [4.78, 5) is 37.5. The third-order valence-electron chi connectivity index (χ3n) is 4.82. The minimum absolute atomic E-state index is 0.201. The van der Waals surface area contributed by atoms with Gasteiger partial charge in [-0.3, -0.25) is 14.5 Å². The van der Waals surface area contributed by atoms with Crippen LogP contribution in [-0.2, 0) is 16.1 Å². The minimum atomic E-state index is -0.989. The average molecular weight is 550 g/mol. The molecule has 0 aliphatic carbocycles. The number of methoxy groups -OCH3 is 1. The summed E-state index contributed by atoms with van der Waals surface area (Å²) in [5.74, 6) is -0.360. The molecule has 0 radical (unpaired) electrons. The Morgan fingerprint density at radius 2 is 1.91 bits per heavy atom. The maximum atomic E-state index is 12.7. The Labute approximate surface area is 210 Å². The summed E-state index contributed by atoms with van der Waals surface area (Å²) in [5.41, 5.74) is 1.67. The van der Waals surface area contributed by atoms with E-state index in [9.17, 15) is 14.4 Å². The normalized spacial score (nSPS) is 14.7. The first-order chi connectivity index (χ1) is 16.3. The van der Waals surface area contributed by atoms with E-state index < -0.39 is 5.97 Å². The molecule has 1 heterocycles. The van der Waals surface area contributed by atoms with Crippen LogP contribution >= 0.6 is 27.7 Å². The van der Waals surface area contributed by atoms with Crippen LogP contribution in [0.1, 0.15) is 34.8 Å². The number of rotatable bonds is 11. The highest BCUT2D eigenvalue weighted by molar-refractivity contribution is 9.10. The fourth-order valence-electron chi connectivity index (χ4n) is 3.18. The van der Waals surface area contributed by atoms with E-state index in [4.69, 9.17) is 19.3 Å². The number of carboxylic acid groups (broad SMARTS) is 1. The van der Waals surface area contributed by atoms with Gasteiger partial charge in [0.2, 0.25) is 0 Å². The maximum absolute atomic E-state index is 12.7. The van der Waals surface area contributed by atoms with Gasteiger partial charge >= 0.3 is 5.97 Å². The van der Waals surface area contributed by atoms with Crippen molar-refractivity contribution in [2.45, 2.75) is 20.0 Å². The van der Waals surface area contributed by atoms with Crippen molar-refractivity contribution in [1.29, 1.82) is 0 Å². The molecular formula is C24H24BrNO7S. The lowest BCUT2D eigenvalue weighted by molar-refractivity contribution is -0.122. The standard InChI is InChI=1S/C24H24BrNO7S/c1-3-32-19-12-16(13-20-22(27)26(24(30)34-20)9-4-10-31-2)11-18(25)21(19)33-14-15-5-7-17(8-6-15)23(28)29/h5-8,11-13H,3-4,9-10,14H2,1-2H3,(H,28,29)/b20-13+. The van der Waals surface area contributed by atoms with E-state index >= 15 is 0 Å². The molecule has 1 aliphatic rings. The number of hydrogen-bond donors (Lipinski definition) is 1. The van der Waals surface area contributed by atoms with Gasteiger partial charge in [-0.2, -0.15) is 0 Å². The van der Waals surface area contributed by atoms with Gasteiger partial charge in [-0.15, -0.1) is 0 Å². The number of carbonyl (C=O) groups excluding carboxylic acids is 2. The molecule has 34 heavy (non-hydrogen) atoms. The molecule has 2 aromatic rings. The summed E-state index contributed by atoms with van der Waals surface area (Å²) in [7, 11) is 1.57. The Morgan fingerprint density at radius 3 is 2.56 bits per heavy atom. The number of hydrogen-bond acceptors (Lipinski definition) is 7. The first-order valence-corrected chi connectivity index (χ1v) is 12.1. The molecule has 0 saturated carbocycles. The zero-order chi connectivity index (χ0) is 24.7. The van der Waals surface area contributed by atoms with Crippen LogP contribution in [0.25, 0.3) is 6.08 Å². The van der Waals surface area contributed by atoms with E-state index in [1.807, 2.05) is 6.92 Å². The largest absolute Gasteiger partial charge is 0.490 e. The van der Waals surface area contributed by atoms with E-state index in [0.717, 1.165) is 17.3 Å². The van der Waals surface area contributed by atoms with Gasteiger partial charge < -0.3 is 19.3 Å². The Morgan fingerprint density at radius 1 is 1.18 bits per heavy atom. The summed E-state index contributed by atoms with van der Waals surface area (Å²) >= 11 is 4.41. The molecule has 2 aromatic carbocycles. The molecule has 3 rings (SSSR count). The van der Waals surface area contributed by atoms with Gasteiger partial charge in [-0.25, -0.2) is 4.79 Å². The summed E-state index contributed by atoms with van der Waals surface area (Å²) in [6.07, 6.45) is 2.23. The molecule has 0 aromatic heterocycles. The van der Waals surface area contributed by atoms with Gasteiger partial charge in [0.05, 0.1) is 21.5 Å². The lowest BCUT2D eigenvalue weighted by Crippen LogP contribution is -2.29. The SMILES string of the molecule is CCOc1cc(/C=C2/SC(=O)N(CCCOC)C2=O)cc(Br)c1OCc1ccc(C(=O)O)cc1.